The Kier molecular flexibility index (Phi) is 3.86. The number of methoxy groups -OCH3 is 1. The monoisotopic (exact) mass is 291 g/mol. The van der Waals surface area contributed by atoms with E-state index in [0.717, 1.165) is 23.5 Å². The van der Waals surface area contributed by atoms with E-state index in [1.165, 1.54) is 7.11 Å². The summed E-state index contributed by atoms with van der Waals surface area (Å²) in [4.78, 5) is 4.04. The van der Waals surface area contributed by atoms with E-state index in [1.54, 1.807) is 5.38 Å². The topological polar surface area (TPSA) is 22.1 Å². The van der Waals surface area contributed by atoms with Gasteiger partial charge < -0.3 is 4.74 Å². The predicted octanol–water partition coefficient (Wildman–Crippen LogP) is 4.11. The fourth-order valence-corrected chi connectivity index (χ4v) is 2.33. The fourth-order valence-electron chi connectivity index (χ4n) is 1.51. The lowest BCUT2D eigenvalue weighted by atomic mass is 10.1. The number of alkyl halides is 3. The summed E-state index contributed by atoms with van der Waals surface area (Å²) >= 11 is 1.08. The summed E-state index contributed by atoms with van der Waals surface area (Å²) in [5.41, 5.74) is -0.492. The first kappa shape index (κ1) is 14.0. The molecule has 1 aromatic heterocycles. The summed E-state index contributed by atoms with van der Waals surface area (Å²) < 4.78 is 56.2. The number of halogens is 4. The Morgan fingerprint density at radius 1 is 1.32 bits per heavy atom. The van der Waals surface area contributed by atoms with Crippen molar-refractivity contribution < 1.29 is 22.3 Å². The van der Waals surface area contributed by atoms with E-state index in [-0.39, 0.29) is 17.2 Å². The highest BCUT2D eigenvalue weighted by Crippen LogP contribution is 2.34. The molecule has 7 heteroatoms. The first-order chi connectivity index (χ1) is 8.91. The molecule has 2 aromatic rings. The zero-order chi connectivity index (χ0) is 14.0. The smallest absolute Gasteiger partial charge is 0.378 e. The maximum absolute atomic E-state index is 13.6. The SMILES string of the molecule is COCc1csc(-c2cc(C(F)(F)F)ccc2F)n1. The summed E-state index contributed by atoms with van der Waals surface area (Å²) in [5, 5.41) is 1.83. The zero-order valence-electron chi connectivity index (χ0n) is 9.79. The van der Waals surface area contributed by atoms with Crippen LogP contribution < -0.4 is 0 Å². The van der Waals surface area contributed by atoms with E-state index in [9.17, 15) is 17.6 Å². The number of ether oxygens (including phenoxy) is 1. The molecule has 0 unspecified atom stereocenters. The van der Waals surface area contributed by atoms with Crippen molar-refractivity contribution in [1.82, 2.24) is 4.98 Å². The van der Waals surface area contributed by atoms with E-state index < -0.39 is 17.6 Å². The number of thiazole rings is 1. The second-order valence-corrected chi connectivity index (χ2v) is 4.63. The molecular weight excluding hydrogens is 282 g/mol. The van der Waals surface area contributed by atoms with E-state index in [2.05, 4.69) is 4.98 Å². The lowest BCUT2D eigenvalue weighted by Gasteiger charge is -2.08. The summed E-state index contributed by atoms with van der Waals surface area (Å²) in [5.74, 6) is -0.730. The van der Waals surface area contributed by atoms with Crippen molar-refractivity contribution in [2.24, 2.45) is 0 Å². The second-order valence-electron chi connectivity index (χ2n) is 3.77. The highest BCUT2D eigenvalue weighted by Gasteiger charge is 2.31. The van der Waals surface area contributed by atoms with Crippen LogP contribution in [-0.4, -0.2) is 12.1 Å². The third-order valence-electron chi connectivity index (χ3n) is 2.37. The molecule has 0 atom stereocenters. The average Bonchev–Trinajstić information content (AvgIpc) is 2.77. The first-order valence-corrected chi connectivity index (χ1v) is 6.10. The van der Waals surface area contributed by atoms with Gasteiger partial charge >= 0.3 is 6.18 Å². The molecule has 0 amide bonds. The Morgan fingerprint density at radius 3 is 2.68 bits per heavy atom. The van der Waals surface area contributed by atoms with Gasteiger partial charge in [-0.1, -0.05) is 0 Å². The van der Waals surface area contributed by atoms with Gasteiger partial charge in [0.25, 0.3) is 0 Å². The molecule has 0 N–H and O–H groups in total. The largest absolute Gasteiger partial charge is 0.416 e. The molecule has 0 radical (unpaired) electrons. The normalized spacial score (nSPS) is 11.8. The minimum Gasteiger partial charge on any atom is -0.378 e. The second kappa shape index (κ2) is 5.26. The summed E-state index contributed by atoms with van der Waals surface area (Å²) in [7, 11) is 1.48. The van der Waals surface area contributed by atoms with Gasteiger partial charge in [-0.05, 0) is 18.2 Å². The van der Waals surface area contributed by atoms with Crippen LogP contribution in [-0.2, 0) is 17.5 Å². The third kappa shape index (κ3) is 3.10. The molecular formula is C12H9F4NOS. The van der Waals surface area contributed by atoms with Gasteiger partial charge in [0.05, 0.1) is 17.9 Å². The Labute approximate surface area is 110 Å². The van der Waals surface area contributed by atoms with Crippen LogP contribution in [0.1, 0.15) is 11.3 Å². The van der Waals surface area contributed by atoms with Crippen LogP contribution in [0.2, 0.25) is 0 Å². The number of nitrogens with zero attached hydrogens (tertiary/aromatic N) is 1. The molecule has 19 heavy (non-hydrogen) atoms. The molecule has 0 saturated carbocycles. The van der Waals surface area contributed by atoms with Crippen LogP contribution in [0.15, 0.2) is 23.6 Å². The maximum Gasteiger partial charge on any atom is 0.416 e. The van der Waals surface area contributed by atoms with Crippen molar-refractivity contribution in [3.8, 4) is 10.6 Å². The van der Waals surface area contributed by atoms with Crippen molar-refractivity contribution in [2.75, 3.05) is 7.11 Å². The van der Waals surface area contributed by atoms with Crippen molar-refractivity contribution >= 4 is 11.3 Å². The molecule has 0 saturated heterocycles. The summed E-state index contributed by atoms with van der Waals surface area (Å²) in [6, 6.07) is 2.28. The lowest BCUT2D eigenvalue weighted by molar-refractivity contribution is -0.137. The van der Waals surface area contributed by atoms with Gasteiger partial charge in [-0.25, -0.2) is 9.37 Å². The molecule has 1 heterocycles. The minimum absolute atomic E-state index is 0.151. The van der Waals surface area contributed by atoms with E-state index in [4.69, 9.17) is 4.74 Å². The Balaban J connectivity index is 2.42. The van der Waals surface area contributed by atoms with Gasteiger partial charge in [0.15, 0.2) is 0 Å². The average molecular weight is 291 g/mol. The molecule has 0 aliphatic rings. The number of rotatable bonds is 3. The minimum atomic E-state index is -4.50. The fraction of sp³-hybridized carbons (Fsp3) is 0.250. The van der Waals surface area contributed by atoms with Gasteiger partial charge in [-0.15, -0.1) is 11.3 Å². The van der Waals surface area contributed by atoms with Crippen molar-refractivity contribution in [3.63, 3.8) is 0 Å². The highest BCUT2D eigenvalue weighted by molar-refractivity contribution is 7.13. The van der Waals surface area contributed by atoms with Gasteiger partial charge in [-0.3, -0.25) is 0 Å². The van der Waals surface area contributed by atoms with E-state index >= 15 is 0 Å². The van der Waals surface area contributed by atoms with Crippen LogP contribution in [0.3, 0.4) is 0 Å². The zero-order valence-corrected chi connectivity index (χ0v) is 10.6. The Morgan fingerprint density at radius 2 is 2.05 bits per heavy atom. The maximum atomic E-state index is 13.6. The summed E-state index contributed by atoms with van der Waals surface area (Å²) in [6.07, 6.45) is -4.50. The van der Waals surface area contributed by atoms with Crippen molar-refractivity contribution in [3.05, 3.63) is 40.7 Å². The predicted molar refractivity (Wildman–Crippen MR) is 63.2 cm³/mol. The van der Waals surface area contributed by atoms with Gasteiger partial charge in [0.1, 0.15) is 10.8 Å². The molecule has 0 aliphatic carbocycles. The Hall–Kier alpha value is -1.47. The number of benzene rings is 1. The molecule has 0 fully saturated rings. The number of hydrogen-bond donors (Lipinski definition) is 0. The highest BCUT2D eigenvalue weighted by atomic mass is 32.1. The molecule has 0 aliphatic heterocycles. The van der Waals surface area contributed by atoms with Gasteiger partial charge in [0.2, 0.25) is 0 Å². The molecule has 2 nitrogen and oxygen atoms in total. The third-order valence-corrected chi connectivity index (χ3v) is 3.29. The van der Waals surface area contributed by atoms with Crippen LogP contribution in [0.4, 0.5) is 17.6 Å². The standard InChI is InChI=1S/C12H9F4NOS/c1-18-5-8-6-19-11(17-8)9-4-7(12(14,15)16)2-3-10(9)13/h2-4,6H,5H2,1H3. The van der Waals surface area contributed by atoms with Crippen molar-refractivity contribution in [1.29, 1.82) is 0 Å². The number of hydrogen-bond acceptors (Lipinski definition) is 3. The van der Waals surface area contributed by atoms with Crippen molar-refractivity contribution in [2.45, 2.75) is 12.8 Å². The van der Waals surface area contributed by atoms with Gasteiger partial charge in [-0.2, -0.15) is 13.2 Å². The van der Waals surface area contributed by atoms with Crippen LogP contribution in [0.25, 0.3) is 10.6 Å². The lowest BCUT2D eigenvalue weighted by Crippen LogP contribution is -2.05. The van der Waals surface area contributed by atoms with Crippen LogP contribution in [0, 0.1) is 5.82 Å². The first-order valence-electron chi connectivity index (χ1n) is 5.22. The molecule has 1 aromatic carbocycles. The molecule has 102 valence electrons. The summed E-state index contributed by atoms with van der Waals surface area (Å²) in [6.45, 7) is 0.233. The Bertz CT molecular complexity index is 579. The van der Waals surface area contributed by atoms with E-state index in [0.29, 0.717) is 11.8 Å². The quantitative estimate of drug-likeness (QED) is 0.794. The molecule has 2 rings (SSSR count). The van der Waals surface area contributed by atoms with Crippen LogP contribution in [0.5, 0.6) is 0 Å². The van der Waals surface area contributed by atoms with Gasteiger partial charge in [0, 0.05) is 18.1 Å². The number of aromatic nitrogens is 1. The molecule has 0 bridgehead atoms. The molecule has 0 spiro atoms. The van der Waals surface area contributed by atoms with E-state index in [1.807, 2.05) is 0 Å². The van der Waals surface area contributed by atoms with Crippen LogP contribution >= 0.6 is 11.3 Å².